The van der Waals surface area contributed by atoms with Crippen molar-refractivity contribution in [3.8, 4) is 0 Å². The maximum absolute atomic E-state index is 11.6. The van der Waals surface area contributed by atoms with E-state index in [-0.39, 0.29) is 24.3 Å². The van der Waals surface area contributed by atoms with Gasteiger partial charge in [0.15, 0.2) is 0 Å². The van der Waals surface area contributed by atoms with Crippen molar-refractivity contribution >= 4 is 35.1 Å². The Hall–Kier alpha value is -1.26. The molecule has 0 spiro atoms. The number of carbonyl (C=O) groups excluding carboxylic acids is 1. The van der Waals surface area contributed by atoms with Gasteiger partial charge in [0.25, 0.3) is 0 Å². The molecule has 1 aromatic carbocycles. The minimum atomic E-state index is -1.05. The predicted octanol–water partition coefficient (Wildman–Crippen LogP) is 2.30. The van der Waals surface area contributed by atoms with Gasteiger partial charge in [0.1, 0.15) is 6.54 Å². The van der Waals surface area contributed by atoms with Gasteiger partial charge in [-0.05, 0) is 24.0 Å². The fourth-order valence-electron chi connectivity index (χ4n) is 1.93. The second-order valence-electron chi connectivity index (χ2n) is 4.20. The Morgan fingerprint density at radius 3 is 2.78 bits per heavy atom. The van der Waals surface area contributed by atoms with E-state index in [4.69, 9.17) is 28.3 Å². The molecule has 0 bridgehead atoms. The molecule has 96 valence electrons. The van der Waals surface area contributed by atoms with Crippen LogP contribution in [0, 0.1) is 5.92 Å². The van der Waals surface area contributed by atoms with Gasteiger partial charge >= 0.3 is 5.97 Å². The Morgan fingerprint density at radius 2 is 2.11 bits per heavy atom. The highest BCUT2D eigenvalue weighted by molar-refractivity contribution is 6.42. The number of rotatable bonds is 4. The smallest absolute Gasteiger partial charge is 0.322 e. The van der Waals surface area contributed by atoms with Crippen LogP contribution in [0.25, 0.3) is 0 Å². The molecule has 2 N–H and O–H groups in total. The molecule has 4 nitrogen and oxygen atoms in total. The zero-order valence-electron chi connectivity index (χ0n) is 9.32. The molecule has 1 aliphatic carbocycles. The number of hydrogen-bond acceptors (Lipinski definition) is 2. The maximum atomic E-state index is 11.6. The molecule has 2 rings (SSSR count). The lowest BCUT2D eigenvalue weighted by molar-refractivity contribution is -0.138. The SMILES string of the molecule is O=C(O)CNC(=O)[C@H]1C[C@H]1c1cccc(Cl)c1Cl. The van der Waals surface area contributed by atoms with E-state index in [9.17, 15) is 9.59 Å². The number of carboxylic acid groups (broad SMARTS) is 1. The van der Waals surface area contributed by atoms with Gasteiger partial charge in [-0.3, -0.25) is 9.59 Å². The van der Waals surface area contributed by atoms with Crippen LogP contribution in [0.1, 0.15) is 17.9 Å². The standard InChI is InChI=1S/C12H11Cl2NO3/c13-9-3-1-2-6(11(9)14)7-4-8(7)12(18)15-5-10(16)17/h1-3,7-8H,4-5H2,(H,15,18)(H,16,17)/t7-,8-/m0/s1. The number of benzene rings is 1. The van der Waals surface area contributed by atoms with Crippen molar-refractivity contribution in [1.29, 1.82) is 0 Å². The van der Waals surface area contributed by atoms with E-state index in [1.165, 1.54) is 0 Å². The summed E-state index contributed by atoms with van der Waals surface area (Å²) in [5.74, 6) is -1.48. The van der Waals surface area contributed by atoms with Crippen molar-refractivity contribution in [3.05, 3.63) is 33.8 Å². The van der Waals surface area contributed by atoms with Gasteiger partial charge in [-0.25, -0.2) is 0 Å². The summed E-state index contributed by atoms with van der Waals surface area (Å²) in [6.45, 7) is -0.356. The topological polar surface area (TPSA) is 66.4 Å². The molecule has 1 fully saturated rings. The Balaban J connectivity index is 2.00. The molecule has 0 radical (unpaired) electrons. The number of halogens is 2. The molecule has 6 heteroatoms. The summed E-state index contributed by atoms with van der Waals surface area (Å²) in [5, 5.41) is 11.8. The van der Waals surface area contributed by atoms with Gasteiger partial charge in [-0.15, -0.1) is 0 Å². The van der Waals surface area contributed by atoms with Crippen LogP contribution in [0.5, 0.6) is 0 Å². The summed E-state index contributed by atoms with van der Waals surface area (Å²) in [4.78, 5) is 22.0. The first kappa shape index (κ1) is 13.2. The zero-order chi connectivity index (χ0) is 13.3. The summed E-state index contributed by atoms with van der Waals surface area (Å²) in [5.41, 5.74) is 0.847. The summed E-state index contributed by atoms with van der Waals surface area (Å²) < 4.78 is 0. The largest absolute Gasteiger partial charge is 0.480 e. The Bertz CT molecular complexity index is 504. The normalized spacial score (nSPS) is 21.4. The minimum absolute atomic E-state index is 0.0324. The second-order valence-corrected chi connectivity index (χ2v) is 4.99. The molecule has 0 unspecified atom stereocenters. The van der Waals surface area contributed by atoms with Crippen LogP contribution in [0.15, 0.2) is 18.2 Å². The molecule has 1 aliphatic rings. The molecule has 1 aromatic rings. The van der Waals surface area contributed by atoms with E-state index in [1.807, 2.05) is 6.07 Å². The van der Waals surface area contributed by atoms with Crippen molar-refractivity contribution < 1.29 is 14.7 Å². The molecule has 1 saturated carbocycles. The maximum Gasteiger partial charge on any atom is 0.322 e. The van der Waals surface area contributed by atoms with Crippen molar-refractivity contribution in [3.63, 3.8) is 0 Å². The molecule has 1 amide bonds. The van der Waals surface area contributed by atoms with E-state index in [1.54, 1.807) is 12.1 Å². The average Bonchev–Trinajstić information content (AvgIpc) is 3.09. The number of hydrogen-bond donors (Lipinski definition) is 2. The Morgan fingerprint density at radius 1 is 1.39 bits per heavy atom. The summed E-state index contributed by atoms with van der Waals surface area (Å²) in [7, 11) is 0. The first-order valence-electron chi connectivity index (χ1n) is 5.44. The van der Waals surface area contributed by atoms with Crippen LogP contribution in [-0.2, 0) is 9.59 Å². The van der Waals surface area contributed by atoms with Crippen molar-refractivity contribution in [1.82, 2.24) is 5.32 Å². The Kier molecular flexibility index (Phi) is 3.78. The highest BCUT2D eigenvalue weighted by Crippen LogP contribution is 2.50. The van der Waals surface area contributed by atoms with Gasteiger partial charge < -0.3 is 10.4 Å². The molecule has 2 atom stereocenters. The molecule has 0 heterocycles. The van der Waals surface area contributed by atoms with Gasteiger partial charge in [0.05, 0.1) is 10.0 Å². The van der Waals surface area contributed by atoms with Crippen molar-refractivity contribution in [2.24, 2.45) is 5.92 Å². The summed E-state index contributed by atoms with van der Waals surface area (Å²) in [6, 6.07) is 5.31. The molecular weight excluding hydrogens is 277 g/mol. The van der Waals surface area contributed by atoms with Crippen LogP contribution in [0.4, 0.5) is 0 Å². The lowest BCUT2D eigenvalue weighted by atomic mass is 10.1. The van der Waals surface area contributed by atoms with E-state index in [0.717, 1.165) is 5.56 Å². The van der Waals surface area contributed by atoms with E-state index in [2.05, 4.69) is 5.32 Å². The summed E-state index contributed by atoms with van der Waals surface area (Å²) >= 11 is 12.0. The zero-order valence-corrected chi connectivity index (χ0v) is 10.8. The van der Waals surface area contributed by atoms with E-state index in [0.29, 0.717) is 16.5 Å². The molecule has 0 saturated heterocycles. The third-order valence-corrected chi connectivity index (χ3v) is 3.76. The van der Waals surface area contributed by atoms with Crippen molar-refractivity contribution in [2.75, 3.05) is 6.54 Å². The fraction of sp³-hybridized carbons (Fsp3) is 0.333. The molecule has 18 heavy (non-hydrogen) atoms. The highest BCUT2D eigenvalue weighted by atomic mass is 35.5. The Labute approximate surface area is 114 Å². The van der Waals surface area contributed by atoms with Crippen LogP contribution >= 0.6 is 23.2 Å². The fourth-order valence-corrected chi connectivity index (χ4v) is 2.38. The molecule has 0 aliphatic heterocycles. The summed E-state index contributed by atoms with van der Waals surface area (Å²) in [6.07, 6.45) is 0.672. The van der Waals surface area contributed by atoms with Crippen molar-refractivity contribution in [2.45, 2.75) is 12.3 Å². The van der Waals surface area contributed by atoms with E-state index >= 15 is 0 Å². The van der Waals surface area contributed by atoms with Crippen LogP contribution in [0.3, 0.4) is 0 Å². The van der Waals surface area contributed by atoms with Gasteiger partial charge in [-0.1, -0.05) is 35.3 Å². The molecule has 0 aromatic heterocycles. The number of nitrogens with one attached hydrogen (secondary N) is 1. The highest BCUT2D eigenvalue weighted by Gasteiger charge is 2.45. The number of carbonyl (C=O) groups is 2. The predicted molar refractivity (Wildman–Crippen MR) is 68.0 cm³/mol. The average molecular weight is 288 g/mol. The lowest BCUT2D eigenvalue weighted by Gasteiger charge is -2.05. The lowest BCUT2D eigenvalue weighted by Crippen LogP contribution is -2.30. The molecular formula is C12H11Cl2NO3. The third-order valence-electron chi connectivity index (χ3n) is 2.92. The quantitative estimate of drug-likeness (QED) is 0.893. The first-order valence-corrected chi connectivity index (χ1v) is 6.19. The van der Waals surface area contributed by atoms with Gasteiger partial charge in [0.2, 0.25) is 5.91 Å². The second kappa shape index (κ2) is 5.16. The minimum Gasteiger partial charge on any atom is -0.480 e. The van der Waals surface area contributed by atoms with Gasteiger partial charge in [0, 0.05) is 5.92 Å². The monoisotopic (exact) mass is 287 g/mol. The van der Waals surface area contributed by atoms with E-state index < -0.39 is 5.97 Å². The number of aliphatic carboxylic acids is 1. The first-order chi connectivity index (χ1) is 8.50. The van der Waals surface area contributed by atoms with Crippen LogP contribution < -0.4 is 5.32 Å². The number of amides is 1. The van der Waals surface area contributed by atoms with Gasteiger partial charge in [-0.2, -0.15) is 0 Å². The van der Waals surface area contributed by atoms with Crippen LogP contribution in [-0.4, -0.2) is 23.5 Å². The number of carboxylic acids is 1. The van der Waals surface area contributed by atoms with Crippen LogP contribution in [0.2, 0.25) is 10.0 Å². The third kappa shape index (κ3) is 2.76.